The Morgan fingerprint density at radius 2 is 1.78 bits per heavy atom. The van der Waals surface area contributed by atoms with Gasteiger partial charge in [0.1, 0.15) is 16.9 Å². The number of carbonyl (C=O) groups excluding carboxylic acids is 3. The van der Waals surface area contributed by atoms with E-state index in [1.54, 1.807) is 0 Å². The van der Waals surface area contributed by atoms with Crippen LogP contribution in [0.4, 0.5) is 0 Å². The Kier molecular flexibility index (Phi) is 3.37. The Balaban J connectivity index is 1.76. The molecule has 0 aromatic rings. The molecule has 126 valence electrons. The number of hydrogen-bond donors (Lipinski definition) is 0. The van der Waals surface area contributed by atoms with Gasteiger partial charge in [-0.1, -0.05) is 13.8 Å². The summed E-state index contributed by atoms with van der Waals surface area (Å²) in [5.74, 6) is 1.41. The maximum atomic E-state index is 13.2. The largest absolute Gasteiger partial charge is 0.300 e. The molecule has 7 atom stereocenters. The molecule has 4 aliphatic carbocycles. The Bertz CT molecular complexity index is 599. The molecule has 4 aliphatic rings. The van der Waals surface area contributed by atoms with Gasteiger partial charge in [0.05, 0.1) is 5.41 Å². The molecule has 23 heavy (non-hydrogen) atoms. The van der Waals surface area contributed by atoms with Crippen molar-refractivity contribution >= 4 is 29.0 Å². The van der Waals surface area contributed by atoms with E-state index in [0.717, 1.165) is 25.7 Å². The van der Waals surface area contributed by atoms with Crippen molar-refractivity contribution in [2.75, 3.05) is 0 Å². The van der Waals surface area contributed by atoms with Crippen LogP contribution in [0.15, 0.2) is 0 Å². The van der Waals surface area contributed by atoms with Gasteiger partial charge in [-0.2, -0.15) is 0 Å². The first-order valence-corrected chi connectivity index (χ1v) is 9.46. The van der Waals surface area contributed by atoms with Gasteiger partial charge in [-0.3, -0.25) is 14.4 Å². The lowest BCUT2D eigenvalue weighted by molar-refractivity contribution is -0.160. The summed E-state index contributed by atoms with van der Waals surface area (Å²) < 4.78 is 0. The van der Waals surface area contributed by atoms with Gasteiger partial charge >= 0.3 is 0 Å². The first kappa shape index (κ1) is 15.8. The molecule has 0 aliphatic heterocycles. The fourth-order valence-electron chi connectivity index (χ4n) is 6.59. The van der Waals surface area contributed by atoms with Crippen LogP contribution in [-0.2, 0) is 14.4 Å². The fraction of sp³-hybridized carbons (Fsp3) is 0.842. The second kappa shape index (κ2) is 4.91. The van der Waals surface area contributed by atoms with Crippen molar-refractivity contribution < 1.29 is 14.4 Å². The van der Waals surface area contributed by atoms with Gasteiger partial charge in [0.25, 0.3) is 0 Å². The van der Waals surface area contributed by atoms with Crippen LogP contribution in [0.3, 0.4) is 0 Å². The maximum Gasteiger partial charge on any atom is 0.155 e. The number of fused-ring (bicyclic) bond motifs is 5. The smallest absolute Gasteiger partial charge is 0.155 e. The van der Waals surface area contributed by atoms with E-state index in [-0.39, 0.29) is 34.7 Å². The third-order valence-corrected chi connectivity index (χ3v) is 8.66. The van der Waals surface area contributed by atoms with Crippen LogP contribution in [-0.4, -0.2) is 22.7 Å². The van der Waals surface area contributed by atoms with E-state index in [1.165, 1.54) is 0 Å². The summed E-state index contributed by atoms with van der Waals surface area (Å²) in [4.78, 5) is 37.6. The minimum absolute atomic E-state index is 0.0548. The Hall–Kier alpha value is -0.700. The van der Waals surface area contributed by atoms with E-state index in [2.05, 4.69) is 6.92 Å². The topological polar surface area (TPSA) is 51.2 Å². The average molecular weight is 337 g/mol. The summed E-state index contributed by atoms with van der Waals surface area (Å²) in [6.45, 7) is 4.14. The second-order valence-electron chi connectivity index (χ2n) is 8.78. The van der Waals surface area contributed by atoms with Gasteiger partial charge < -0.3 is 0 Å². The van der Waals surface area contributed by atoms with Crippen LogP contribution in [0.1, 0.15) is 58.8 Å². The molecule has 0 aromatic heterocycles. The SMILES string of the molecule is C[C@@]12C(=O)CC[C@H]1[C@@H]1CCC3CC(=O)CC[C@]3(C)[C@H]1C(=O)[C@@H]2Cl. The second-order valence-corrected chi connectivity index (χ2v) is 9.22. The molecule has 0 spiro atoms. The standard InChI is InChI=1S/C19H25ClO3/c1-18-8-7-11(21)9-10(18)3-4-12-13-5-6-14(22)19(13,2)17(20)16(23)15(12)18/h10,12-13,15,17H,3-9H2,1-2H3/t10?,12-,13-,15+,17-,18-,19-/m0/s1. The number of alkyl halides is 1. The molecule has 0 saturated heterocycles. The highest BCUT2D eigenvalue weighted by Crippen LogP contribution is 2.64. The molecular weight excluding hydrogens is 312 g/mol. The summed E-state index contributed by atoms with van der Waals surface area (Å²) in [7, 11) is 0. The third-order valence-electron chi connectivity index (χ3n) is 7.99. The van der Waals surface area contributed by atoms with Gasteiger partial charge in [0.2, 0.25) is 0 Å². The number of ketones is 3. The quantitative estimate of drug-likeness (QED) is 0.635. The van der Waals surface area contributed by atoms with Crippen molar-refractivity contribution in [2.45, 2.75) is 64.2 Å². The number of rotatable bonds is 0. The zero-order valence-electron chi connectivity index (χ0n) is 13.9. The summed E-state index contributed by atoms with van der Waals surface area (Å²) in [5, 5.41) is -0.683. The van der Waals surface area contributed by atoms with E-state index in [1.807, 2.05) is 6.92 Å². The first-order chi connectivity index (χ1) is 10.8. The van der Waals surface area contributed by atoms with Gasteiger partial charge in [0, 0.05) is 25.2 Å². The lowest BCUT2D eigenvalue weighted by atomic mass is 9.45. The zero-order chi connectivity index (χ0) is 16.6. The molecule has 0 heterocycles. The average Bonchev–Trinajstić information content (AvgIpc) is 2.82. The van der Waals surface area contributed by atoms with E-state index in [9.17, 15) is 14.4 Å². The molecule has 0 N–H and O–H groups in total. The molecule has 4 fully saturated rings. The molecular formula is C19H25ClO3. The molecule has 0 aromatic carbocycles. The molecule has 4 saturated carbocycles. The molecule has 4 rings (SSSR count). The Morgan fingerprint density at radius 1 is 1.04 bits per heavy atom. The number of hydrogen-bond acceptors (Lipinski definition) is 3. The van der Waals surface area contributed by atoms with Gasteiger partial charge in [-0.25, -0.2) is 0 Å². The summed E-state index contributed by atoms with van der Waals surface area (Å²) in [5.41, 5.74) is -0.762. The molecule has 0 radical (unpaired) electrons. The first-order valence-electron chi connectivity index (χ1n) is 9.03. The monoisotopic (exact) mass is 336 g/mol. The van der Waals surface area contributed by atoms with Crippen molar-refractivity contribution in [3.8, 4) is 0 Å². The molecule has 3 nitrogen and oxygen atoms in total. The highest BCUT2D eigenvalue weighted by molar-refractivity contribution is 6.34. The molecule has 0 amide bonds. The van der Waals surface area contributed by atoms with Gasteiger partial charge in [-0.15, -0.1) is 11.6 Å². The number of Topliss-reactive ketones (excluding diaryl/α,β-unsaturated/α-hetero) is 3. The zero-order valence-corrected chi connectivity index (χ0v) is 14.7. The van der Waals surface area contributed by atoms with Crippen molar-refractivity contribution in [1.82, 2.24) is 0 Å². The minimum atomic E-state index is -0.683. The van der Waals surface area contributed by atoms with Crippen LogP contribution in [0.5, 0.6) is 0 Å². The summed E-state index contributed by atoms with van der Waals surface area (Å²) in [6.07, 6.45) is 5.47. The van der Waals surface area contributed by atoms with Gasteiger partial charge in [-0.05, 0) is 48.9 Å². The van der Waals surface area contributed by atoms with Crippen LogP contribution in [0.2, 0.25) is 0 Å². The van der Waals surface area contributed by atoms with E-state index in [0.29, 0.717) is 31.0 Å². The van der Waals surface area contributed by atoms with Crippen molar-refractivity contribution in [3.05, 3.63) is 0 Å². The lowest BCUT2D eigenvalue weighted by Gasteiger charge is -2.59. The summed E-state index contributed by atoms with van der Waals surface area (Å²) >= 11 is 6.61. The van der Waals surface area contributed by atoms with Crippen molar-refractivity contribution in [1.29, 1.82) is 0 Å². The predicted octanol–water partition coefficient (Wildman–Crippen LogP) is 3.56. The third kappa shape index (κ3) is 1.86. The number of halogens is 1. The van der Waals surface area contributed by atoms with Crippen molar-refractivity contribution in [3.63, 3.8) is 0 Å². The normalized spacial score (nSPS) is 52.8. The van der Waals surface area contributed by atoms with Crippen molar-refractivity contribution in [2.24, 2.45) is 34.5 Å². The minimum Gasteiger partial charge on any atom is -0.300 e. The summed E-state index contributed by atoms with van der Waals surface area (Å²) in [6, 6.07) is 0. The van der Waals surface area contributed by atoms with E-state index < -0.39 is 10.8 Å². The highest BCUT2D eigenvalue weighted by atomic mass is 35.5. The van der Waals surface area contributed by atoms with Crippen LogP contribution >= 0.6 is 11.6 Å². The predicted molar refractivity (Wildman–Crippen MR) is 87.2 cm³/mol. The molecule has 4 heteroatoms. The maximum absolute atomic E-state index is 13.2. The van der Waals surface area contributed by atoms with Gasteiger partial charge in [0.15, 0.2) is 5.78 Å². The lowest BCUT2D eigenvalue weighted by Crippen LogP contribution is -2.62. The highest BCUT2D eigenvalue weighted by Gasteiger charge is 2.66. The van der Waals surface area contributed by atoms with Crippen LogP contribution in [0, 0.1) is 34.5 Å². The Morgan fingerprint density at radius 3 is 2.52 bits per heavy atom. The Labute approximate surface area is 142 Å². The van der Waals surface area contributed by atoms with Crippen LogP contribution < -0.4 is 0 Å². The van der Waals surface area contributed by atoms with Crippen LogP contribution in [0.25, 0.3) is 0 Å². The van der Waals surface area contributed by atoms with E-state index >= 15 is 0 Å². The number of carbonyl (C=O) groups is 3. The molecule has 1 unspecified atom stereocenters. The van der Waals surface area contributed by atoms with E-state index in [4.69, 9.17) is 11.6 Å². The molecule has 0 bridgehead atoms. The fourth-order valence-corrected chi connectivity index (χ4v) is 7.01.